The standard InChI is InChI=1S/C22H32O8/c1-11-8-16(26-7)19(28-13(3)24)18-15-10-21(5,6)22(15,17(9-11)27-12(2)23)30-20(18)29-14(4)25/h8,15-20H,9-10H2,1-7H3/b11-8+/t15-,16-,17+,18?,19+,20-,22-/m1/s1. The van der Waals surface area contributed by atoms with E-state index in [4.69, 9.17) is 23.7 Å². The number of methoxy groups -OCH3 is 1. The fraction of sp³-hybridized carbons (Fsp3) is 0.773. The van der Waals surface area contributed by atoms with E-state index >= 15 is 0 Å². The first-order chi connectivity index (χ1) is 13.9. The number of ether oxygens (including phenoxy) is 5. The molecule has 3 aliphatic rings. The van der Waals surface area contributed by atoms with Crippen LogP contribution in [0.1, 0.15) is 54.4 Å². The second-order valence-electron chi connectivity index (χ2n) is 9.25. The summed E-state index contributed by atoms with van der Waals surface area (Å²) in [6.07, 6.45) is 0.268. The Balaban J connectivity index is 2.18. The molecule has 1 saturated carbocycles. The topological polar surface area (TPSA) is 97.4 Å². The molecule has 0 N–H and O–H groups in total. The fourth-order valence-corrected chi connectivity index (χ4v) is 5.74. The van der Waals surface area contributed by atoms with Crippen molar-refractivity contribution < 1.29 is 38.1 Å². The summed E-state index contributed by atoms with van der Waals surface area (Å²) >= 11 is 0. The van der Waals surface area contributed by atoms with Gasteiger partial charge in [-0.2, -0.15) is 0 Å². The lowest BCUT2D eigenvalue weighted by Crippen LogP contribution is -2.68. The van der Waals surface area contributed by atoms with Crippen molar-refractivity contribution >= 4 is 17.9 Å². The summed E-state index contributed by atoms with van der Waals surface area (Å²) in [7, 11) is 1.54. The Morgan fingerprint density at radius 2 is 1.63 bits per heavy atom. The lowest BCUT2D eigenvalue weighted by Gasteiger charge is -2.60. The van der Waals surface area contributed by atoms with Gasteiger partial charge in [-0.05, 0) is 18.8 Å². The number of carbonyl (C=O) groups excluding carboxylic acids is 3. The third kappa shape index (κ3) is 3.64. The van der Waals surface area contributed by atoms with Crippen LogP contribution in [0.3, 0.4) is 0 Å². The van der Waals surface area contributed by atoms with Crippen LogP contribution in [0.5, 0.6) is 0 Å². The lowest BCUT2D eigenvalue weighted by atomic mass is 9.47. The fourth-order valence-electron chi connectivity index (χ4n) is 5.74. The van der Waals surface area contributed by atoms with E-state index < -0.39 is 54.0 Å². The van der Waals surface area contributed by atoms with Gasteiger partial charge in [0.1, 0.15) is 23.9 Å². The first kappa shape index (κ1) is 22.7. The van der Waals surface area contributed by atoms with Crippen LogP contribution in [-0.2, 0) is 38.1 Å². The first-order valence-electron chi connectivity index (χ1n) is 10.3. The maximum atomic E-state index is 12.0. The Morgan fingerprint density at radius 1 is 1.03 bits per heavy atom. The second-order valence-corrected chi connectivity index (χ2v) is 9.25. The number of carbonyl (C=O) groups is 3. The normalized spacial score (nSPS) is 41.0. The number of rotatable bonds is 4. The van der Waals surface area contributed by atoms with Crippen molar-refractivity contribution in [3.8, 4) is 0 Å². The molecule has 0 spiro atoms. The monoisotopic (exact) mass is 424 g/mol. The van der Waals surface area contributed by atoms with Crippen molar-refractivity contribution in [3.05, 3.63) is 11.6 Å². The van der Waals surface area contributed by atoms with Gasteiger partial charge < -0.3 is 23.7 Å². The number of esters is 3. The van der Waals surface area contributed by atoms with Crippen molar-refractivity contribution in [2.75, 3.05) is 7.11 Å². The molecule has 3 rings (SSSR count). The van der Waals surface area contributed by atoms with Gasteiger partial charge in [0.15, 0.2) is 0 Å². The molecule has 1 heterocycles. The van der Waals surface area contributed by atoms with Gasteiger partial charge >= 0.3 is 17.9 Å². The molecule has 1 aliphatic heterocycles. The molecule has 0 aromatic carbocycles. The van der Waals surface area contributed by atoms with Crippen LogP contribution in [0.15, 0.2) is 11.6 Å². The first-order valence-corrected chi connectivity index (χ1v) is 10.3. The van der Waals surface area contributed by atoms with Gasteiger partial charge in [-0.25, -0.2) is 0 Å². The minimum absolute atomic E-state index is 0.150. The summed E-state index contributed by atoms with van der Waals surface area (Å²) in [6.45, 7) is 10.1. The van der Waals surface area contributed by atoms with Crippen LogP contribution in [0.25, 0.3) is 0 Å². The SMILES string of the molecule is CO[C@@H]1/C=C(\C)C[C@H](OC(C)=O)[C@]23O[C@@H](OC(C)=O)C([C@H]1OC(C)=O)[C@H]2CC3(C)C. The van der Waals surface area contributed by atoms with Gasteiger partial charge in [-0.1, -0.05) is 25.5 Å². The Bertz CT molecular complexity index is 756. The zero-order valence-corrected chi connectivity index (χ0v) is 18.7. The Labute approximate surface area is 177 Å². The highest BCUT2D eigenvalue weighted by Gasteiger charge is 2.76. The van der Waals surface area contributed by atoms with E-state index in [0.29, 0.717) is 6.42 Å². The molecule has 2 bridgehead atoms. The van der Waals surface area contributed by atoms with Crippen LogP contribution in [0, 0.1) is 17.3 Å². The molecule has 8 nitrogen and oxygen atoms in total. The quantitative estimate of drug-likeness (QED) is 0.386. The molecule has 168 valence electrons. The maximum Gasteiger partial charge on any atom is 0.304 e. The average molecular weight is 424 g/mol. The molecule has 7 atom stereocenters. The van der Waals surface area contributed by atoms with Crippen LogP contribution in [0.2, 0.25) is 0 Å². The van der Waals surface area contributed by atoms with Crippen LogP contribution in [0.4, 0.5) is 0 Å². The van der Waals surface area contributed by atoms with Gasteiger partial charge in [0.05, 0.1) is 5.92 Å². The summed E-state index contributed by atoms with van der Waals surface area (Å²) in [5.74, 6) is -1.97. The minimum Gasteiger partial charge on any atom is -0.459 e. The second kappa shape index (κ2) is 7.96. The summed E-state index contributed by atoms with van der Waals surface area (Å²) in [4.78, 5) is 35.8. The van der Waals surface area contributed by atoms with E-state index in [0.717, 1.165) is 12.0 Å². The summed E-state index contributed by atoms with van der Waals surface area (Å²) in [5, 5.41) is 0. The third-order valence-electron chi connectivity index (χ3n) is 6.73. The van der Waals surface area contributed by atoms with Gasteiger partial charge in [0, 0.05) is 40.2 Å². The highest BCUT2D eigenvalue weighted by molar-refractivity contribution is 5.67. The highest BCUT2D eigenvalue weighted by Crippen LogP contribution is 2.68. The Morgan fingerprint density at radius 3 is 2.13 bits per heavy atom. The van der Waals surface area contributed by atoms with Crippen molar-refractivity contribution in [2.45, 2.75) is 84.6 Å². The van der Waals surface area contributed by atoms with Crippen molar-refractivity contribution in [1.29, 1.82) is 0 Å². The maximum absolute atomic E-state index is 12.0. The largest absolute Gasteiger partial charge is 0.459 e. The van der Waals surface area contributed by atoms with Crippen molar-refractivity contribution in [1.82, 2.24) is 0 Å². The van der Waals surface area contributed by atoms with E-state index in [1.807, 2.05) is 13.0 Å². The molecular formula is C22H32O8. The molecule has 0 radical (unpaired) electrons. The van der Waals surface area contributed by atoms with Crippen molar-refractivity contribution in [2.24, 2.45) is 17.3 Å². The van der Waals surface area contributed by atoms with Gasteiger partial charge in [-0.15, -0.1) is 0 Å². The van der Waals surface area contributed by atoms with E-state index in [1.165, 1.54) is 20.8 Å². The molecule has 0 aromatic rings. The van der Waals surface area contributed by atoms with E-state index in [-0.39, 0.29) is 11.3 Å². The molecular weight excluding hydrogens is 392 g/mol. The van der Waals surface area contributed by atoms with Crippen LogP contribution >= 0.6 is 0 Å². The molecule has 8 heteroatoms. The summed E-state index contributed by atoms with van der Waals surface area (Å²) in [5.41, 5.74) is -0.292. The van der Waals surface area contributed by atoms with E-state index in [2.05, 4.69) is 13.8 Å². The van der Waals surface area contributed by atoms with Gasteiger partial charge in [0.25, 0.3) is 0 Å². The van der Waals surface area contributed by atoms with Crippen LogP contribution < -0.4 is 0 Å². The average Bonchev–Trinajstić information content (AvgIpc) is 2.87. The summed E-state index contributed by atoms with van der Waals surface area (Å²) < 4.78 is 29.2. The Kier molecular flexibility index (Phi) is 6.04. The van der Waals surface area contributed by atoms with Crippen LogP contribution in [-0.4, -0.2) is 55.2 Å². The minimum atomic E-state index is -0.943. The zero-order valence-electron chi connectivity index (χ0n) is 18.7. The molecule has 30 heavy (non-hydrogen) atoms. The number of hydrogen-bond donors (Lipinski definition) is 0. The third-order valence-corrected chi connectivity index (χ3v) is 6.73. The van der Waals surface area contributed by atoms with Gasteiger partial charge in [0.2, 0.25) is 6.29 Å². The Hall–Kier alpha value is -1.93. The van der Waals surface area contributed by atoms with Crippen molar-refractivity contribution in [3.63, 3.8) is 0 Å². The molecule has 0 amide bonds. The van der Waals surface area contributed by atoms with Gasteiger partial charge in [-0.3, -0.25) is 14.4 Å². The number of hydrogen-bond acceptors (Lipinski definition) is 8. The summed E-state index contributed by atoms with van der Waals surface area (Å²) in [6, 6.07) is 0. The molecule has 2 aliphatic carbocycles. The zero-order chi connectivity index (χ0) is 22.4. The molecule has 1 unspecified atom stereocenters. The predicted molar refractivity (Wildman–Crippen MR) is 105 cm³/mol. The highest BCUT2D eigenvalue weighted by atomic mass is 16.7. The molecule has 0 aromatic heterocycles. The predicted octanol–water partition coefficient (Wildman–Crippen LogP) is 2.54. The smallest absolute Gasteiger partial charge is 0.304 e. The molecule has 2 fully saturated rings. The lowest BCUT2D eigenvalue weighted by molar-refractivity contribution is -0.279. The van der Waals surface area contributed by atoms with E-state index in [1.54, 1.807) is 7.11 Å². The van der Waals surface area contributed by atoms with E-state index in [9.17, 15) is 14.4 Å². The molecule has 1 saturated heterocycles.